The normalized spacial score (nSPS) is 5.00. The molecule has 0 rings (SSSR count). The van der Waals surface area contributed by atoms with Crippen molar-refractivity contribution in [1.82, 2.24) is 5.32 Å². The first kappa shape index (κ1) is 29.4. The monoisotopic (exact) mass is 216 g/mol. The van der Waals surface area contributed by atoms with Crippen molar-refractivity contribution in [2.45, 2.75) is 13.3 Å². The van der Waals surface area contributed by atoms with Crippen LogP contribution in [0, 0.1) is 6.54 Å². The van der Waals surface area contributed by atoms with Crippen LogP contribution in [0.5, 0.6) is 0 Å². The summed E-state index contributed by atoms with van der Waals surface area (Å²) in [4.78, 5) is 0. The van der Waals surface area contributed by atoms with Crippen molar-refractivity contribution >= 4 is 0 Å². The Balaban J connectivity index is -0.0000000203. The number of rotatable bonds is 2. The van der Waals surface area contributed by atoms with Crippen molar-refractivity contribution in [2.24, 2.45) is 0 Å². The van der Waals surface area contributed by atoms with Gasteiger partial charge < -0.3 is 20.6 Å². The molecule has 0 spiro atoms. The maximum atomic E-state index is 7.00. The summed E-state index contributed by atoms with van der Waals surface area (Å²) in [5, 5.41) is 23.9. The number of aliphatic hydroxyl groups is 3. The van der Waals surface area contributed by atoms with Gasteiger partial charge in [-0.2, -0.15) is 6.42 Å². The van der Waals surface area contributed by atoms with E-state index < -0.39 is 0 Å². The van der Waals surface area contributed by atoms with Crippen LogP contribution in [0.25, 0.3) is 0 Å². The molecule has 0 aromatic heterocycles. The summed E-state index contributed by atoms with van der Waals surface area (Å²) in [6, 6.07) is 0. The predicted molar refractivity (Wildman–Crippen MR) is 48.1 cm³/mol. The Morgan fingerprint density at radius 1 is 1.00 bits per heavy atom. The zero-order valence-corrected chi connectivity index (χ0v) is 10.2. The standard InChI is InChI=1S/C4H10N.3CH4O.Ti/c1-3-4-5-2;3*1-2;/h4-5H,3H2,1-2H3;3*2H,1H3;/q-1;;;;. The molecule has 0 aliphatic rings. The molecule has 12 heavy (non-hydrogen) atoms. The molecule has 0 aromatic carbocycles. The van der Waals surface area contributed by atoms with Gasteiger partial charge in [0.15, 0.2) is 0 Å². The molecule has 5 heteroatoms. The molecule has 78 valence electrons. The van der Waals surface area contributed by atoms with Gasteiger partial charge in [-0.05, 0) is 7.05 Å². The Hall–Kier alpha value is 0.554. The van der Waals surface area contributed by atoms with Crippen molar-refractivity contribution < 1.29 is 37.0 Å². The van der Waals surface area contributed by atoms with Crippen LogP contribution in [0.15, 0.2) is 0 Å². The van der Waals surface area contributed by atoms with Crippen molar-refractivity contribution in [3.05, 3.63) is 6.54 Å². The number of nitrogens with one attached hydrogen (secondary N) is 1. The minimum absolute atomic E-state index is 0. The van der Waals surface area contributed by atoms with Gasteiger partial charge in [-0.15, -0.1) is 0 Å². The van der Waals surface area contributed by atoms with Gasteiger partial charge in [0, 0.05) is 43.0 Å². The molecule has 0 atom stereocenters. The van der Waals surface area contributed by atoms with E-state index in [0.717, 1.165) is 27.8 Å². The van der Waals surface area contributed by atoms with E-state index in [1.165, 1.54) is 0 Å². The van der Waals surface area contributed by atoms with E-state index in [1.807, 2.05) is 13.6 Å². The molecule has 0 aliphatic carbocycles. The van der Waals surface area contributed by atoms with Crippen LogP contribution < -0.4 is 5.32 Å². The molecule has 0 aliphatic heterocycles. The Bertz CT molecular complexity index is 26.1. The molecule has 4 N–H and O–H groups in total. The Morgan fingerprint density at radius 2 is 1.25 bits per heavy atom. The molecule has 0 aromatic rings. The van der Waals surface area contributed by atoms with Crippen LogP contribution in [0.2, 0.25) is 0 Å². The molecular weight excluding hydrogens is 194 g/mol. The molecule has 0 amide bonds. The molecule has 0 radical (unpaired) electrons. The first-order chi connectivity index (χ1) is 5.41. The van der Waals surface area contributed by atoms with Crippen LogP contribution >= 0.6 is 0 Å². The van der Waals surface area contributed by atoms with Gasteiger partial charge in [0.1, 0.15) is 0 Å². The summed E-state index contributed by atoms with van der Waals surface area (Å²) in [7, 11) is 4.91. The first-order valence-electron chi connectivity index (χ1n) is 3.25. The van der Waals surface area contributed by atoms with Gasteiger partial charge in [-0.3, -0.25) is 6.54 Å². The largest absolute Gasteiger partial charge is 0.472 e. The van der Waals surface area contributed by atoms with E-state index in [9.17, 15) is 0 Å². The van der Waals surface area contributed by atoms with E-state index in [4.69, 9.17) is 15.3 Å². The van der Waals surface area contributed by atoms with Gasteiger partial charge in [-0.1, -0.05) is 6.92 Å². The molecule has 0 fully saturated rings. The quantitative estimate of drug-likeness (QED) is 0.374. The topological polar surface area (TPSA) is 72.7 Å². The van der Waals surface area contributed by atoms with E-state index >= 15 is 0 Å². The van der Waals surface area contributed by atoms with Crippen molar-refractivity contribution in [3.8, 4) is 0 Å². The van der Waals surface area contributed by atoms with E-state index in [1.54, 1.807) is 0 Å². The Labute approximate surface area is 90.9 Å². The van der Waals surface area contributed by atoms with E-state index in [0.29, 0.717) is 0 Å². The minimum Gasteiger partial charge on any atom is -0.472 e. The van der Waals surface area contributed by atoms with Gasteiger partial charge in [0.2, 0.25) is 0 Å². The first-order valence-corrected chi connectivity index (χ1v) is 3.25. The molecular formula is C7H22NO3Ti-. The number of aliphatic hydroxyl groups excluding tert-OH is 3. The van der Waals surface area contributed by atoms with Crippen LogP contribution in [-0.2, 0) is 21.7 Å². The Morgan fingerprint density at radius 3 is 1.25 bits per heavy atom. The molecule has 0 heterocycles. The molecule has 0 unspecified atom stereocenters. The maximum Gasteiger partial charge on any atom is 0.0319 e. The van der Waals surface area contributed by atoms with Crippen LogP contribution in [0.1, 0.15) is 13.3 Å². The summed E-state index contributed by atoms with van der Waals surface area (Å²) in [6.45, 7) is 4.09. The molecule has 0 bridgehead atoms. The van der Waals surface area contributed by atoms with Gasteiger partial charge in [0.05, 0.1) is 0 Å². The molecule has 4 nitrogen and oxygen atoms in total. The van der Waals surface area contributed by atoms with E-state index in [2.05, 4.69) is 12.2 Å². The fraction of sp³-hybridized carbons (Fsp3) is 0.857. The fourth-order valence-corrected chi connectivity index (χ4v) is 0.204. The second-order valence-electron chi connectivity index (χ2n) is 0.901. The predicted octanol–water partition coefficient (Wildman–Crippen LogP) is -0.399. The smallest absolute Gasteiger partial charge is 0.0319 e. The zero-order chi connectivity index (χ0) is 10.1. The average Bonchev–Trinajstić information content (AvgIpc) is 2.16. The second-order valence-corrected chi connectivity index (χ2v) is 0.901. The van der Waals surface area contributed by atoms with E-state index in [-0.39, 0.29) is 21.7 Å². The van der Waals surface area contributed by atoms with Crippen LogP contribution in [0.3, 0.4) is 0 Å². The maximum absolute atomic E-state index is 7.00. The molecule has 0 saturated heterocycles. The van der Waals surface area contributed by atoms with Crippen molar-refractivity contribution in [2.75, 3.05) is 28.4 Å². The Kier molecular flexibility index (Phi) is 249. The fourth-order valence-electron chi connectivity index (χ4n) is 0.204. The SMILES string of the molecule is CC[CH-]NC.CO.CO.CO.[Ti]. The third-order valence-corrected chi connectivity index (χ3v) is 0.408. The van der Waals surface area contributed by atoms with Crippen molar-refractivity contribution in [3.63, 3.8) is 0 Å². The zero-order valence-electron chi connectivity index (χ0n) is 8.63. The summed E-state index contributed by atoms with van der Waals surface area (Å²) in [5.41, 5.74) is 0. The third kappa shape index (κ3) is 148. The average molecular weight is 216 g/mol. The van der Waals surface area contributed by atoms with Crippen LogP contribution in [0.4, 0.5) is 0 Å². The second kappa shape index (κ2) is 102. The van der Waals surface area contributed by atoms with Crippen LogP contribution in [-0.4, -0.2) is 43.7 Å². The minimum atomic E-state index is 0. The number of hydrogen-bond acceptors (Lipinski definition) is 4. The van der Waals surface area contributed by atoms with Gasteiger partial charge in [-0.25, -0.2) is 0 Å². The summed E-state index contributed by atoms with van der Waals surface area (Å²) in [6.07, 6.45) is 1.11. The van der Waals surface area contributed by atoms with Gasteiger partial charge >= 0.3 is 0 Å². The summed E-state index contributed by atoms with van der Waals surface area (Å²) < 4.78 is 0. The third-order valence-electron chi connectivity index (χ3n) is 0.408. The van der Waals surface area contributed by atoms with Crippen molar-refractivity contribution in [1.29, 1.82) is 0 Å². The summed E-state index contributed by atoms with van der Waals surface area (Å²) >= 11 is 0. The summed E-state index contributed by atoms with van der Waals surface area (Å²) in [5.74, 6) is 0. The van der Waals surface area contributed by atoms with Gasteiger partial charge in [0.25, 0.3) is 0 Å². The molecule has 0 saturated carbocycles. The number of hydrogen-bond donors (Lipinski definition) is 4.